The molecule has 3 heteroatoms. The van der Waals surface area contributed by atoms with E-state index >= 15 is 0 Å². The fourth-order valence-corrected chi connectivity index (χ4v) is 0.709. The number of hydrogen-bond donors (Lipinski definition) is 2. The molecule has 0 bridgehead atoms. The molecule has 0 saturated heterocycles. The minimum atomic E-state index is -0.934. The number of aliphatic carboxylic acids is 1. The maximum Gasteiger partial charge on any atom is 0.313 e. The smallest absolute Gasteiger partial charge is 0.313 e. The van der Waals surface area contributed by atoms with Gasteiger partial charge in [0, 0.05) is 0 Å². The Balaban J connectivity index is 4.46. The van der Waals surface area contributed by atoms with Gasteiger partial charge in [-0.15, -0.1) is 6.58 Å². The van der Waals surface area contributed by atoms with E-state index in [1.807, 2.05) is 0 Å². The van der Waals surface area contributed by atoms with Gasteiger partial charge in [0.1, 0.15) is 0 Å². The van der Waals surface area contributed by atoms with Crippen molar-refractivity contribution in [3.05, 3.63) is 24.3 Å². The van der Waals surface area contributed by atoms with Crippen LogP contribution in [0.5, 0.6) is 0 Å². The van der Waals surface area contributed by atoms with E-state index < -0.39 is 11.4 Å². The van der Waals surface area contributed by atoms with Crippen LogP contribution < -0.4 is 0 Å². The van der Waals surface area contributed by atoms with Crippen LogP contribution in [0.2, 0.25) is 0 Å². The monoisotopic (exact) mass is 184 g/mol. The SMILES string of the molecule is C=CC(C)(C/C=C(\C)CO)C(=O)O. The van der Waals surface area contributed by atoms with Gasteiger partial charge in [-0.25, -0.2) is 0 Å². The van der Waals surface area contributed by atoms with Crippen LogP contribution in [0.3, 0.4) is 0 Å². The van der Waals surface area contributed by atoms with E-state index in [2.05, 4.69) is 6.58 Å². The molecule has 0 rings (SSSR count). The molecular weight excluding hydrogens is 168 g/mol. The molecule has 0 aliphatic heterocycles. The van der Waals surface area contributed by atoms with Gasteiger partial charge in [0.2, 0.25) is 0 Å². The van der Waals surface area contributed by atoms with E-state index in [0.717, 1.165) is 5.57 Å². The Kier molecular flexibility index (Phi) is 4.42. The second-order valence-corrected chi connectivity index (χ2v) is 3.34. The highest BCUT2D eigenvalue weighted by Crippen LogP contribution is 2.24. The first-order valence-corrected chi connectivity index (χ1v) is 4.09. The lowest BCUT2D eigenvalue weighted by molar-refractivity contribution is -0.144. The zero-order valence-electron chi connectivity index (χ0n) is 8.08. The van der Waals surface area contributed by atoms with Crippen molar-refractivity contribution in [2.75, 3.05) is 6.61 Å². The summed E-state index contributed by atoms with van der Waals surface area (Å²) in [4.78, 5) is 10.8. The van der Waals surface area contributed by atoms with Crippen molar-refractivity contribution in [3.63, 3.8) is 0 Å². The number of aliphatic hydroxyl groups excluding tert-OH is 1. The Bertz CT molecular complexity index is 230. The summed E-state index contributed by atoms with van der Waals surface area (Å²) in [5.41, 5.74) is -0.162. The predicted molar refractivity (Wildman–Crippen MR) is 51.4 cm³/mol. The zero-order chi connectivity index (χ0) is 10.5. The molecule has 74 valence electrons. The first-order chi connectivity index (χ1) is 5.96. The first-order valence-electron chi connectivity index (χ1n) is 4.09. The molecule has 0 aromatic carbocycles. The Morgan fingerprint density at radius 1 is 1.62 bits per heavy atom. The van der Waals surface area contributed by atoms with Crippen LogP contribution in [0.1, 0.15) is 20.3 Å². The lowest BCUT2D eigenvalue weighted by Gasteiger charge is -2.18. The highest BCUT2D eigenvalue weighted by atomic mass is 16.4. The fraction of sp³-hybridized carbons (Fsp3) is 0.500. The maximum atomic E-state index is 10.8. The first kappa shape index (κ1) is 11.9. The summed E-state index contributed by atoms with van der Waals surface area (Å²) in [6, 6.07) is 0. The molecule has 0 amide bonds. The third-order valence-corrected chi connectivity index (χ3v) is 2.06. The van der Waals surface area contributed by atoms with Crippen molar-refractivity contribution in [1.82, 2.24) is 0 Å². The molecule has 0 aromatic heterocycles. The molecule has 13 heavy (non-hydrogen) atoms. The van der Waals surface area contributed by atoms with Gasteiger partial charge in [-0.2, -0.15) is 0 Å². The second-order valence-electron chi connectivity index (χ2n) is 3.34. The number of carboxylic acids is 1. The lowest BCUT2D eigenvalue weighted by atomic mass is 9.86. The molecule has 1 unspecified atom stereocenters. The number of allylic oxidation sites excluding steroid dienone is 1. The summed E-state index contributed by atoms with van der Waals surface area (Å²) in [7, 11) is 0. The number of aliphatic hydroxyl groups is 1. The van der Waals surface area contributed by atoms with E-state index in [1.165, 1.54) is 6.08 Å². The summed E-state index contributed by atoms with van der Waals surface area (Å²) in [6.07, 6.45) is 3.49. The van der Waals surface area contributed by atoms with Crippen molar-refractivity contribution in [2.24, 2.45) is 5.41 Å². The topological polar surface area (TPSA) is 57.5 Å². The van der Waals surface area contributed by atoms with E-state index in [9.17, 15) is 4.79 Å². The van der Waals surface area contributed by atoms with Gasteiger partial charge in [-0.05, 0) is 20.3 Å². The average Bonchev–Trinajstić information content (AvgIpc) is 2.13. The van der Waals surface area contributed by atoms with Gasteiger partial charge in [0.05, 0.1) is 12.0 Å². The van der Waals surface area contributed by atoms with Gasteiger partial charge in [0.15, 0.2) is 0 Å². The molecule has 0 saturated carbocycles. The Labute approximate surface area is 78.4 Å². The Morgan fingerprint density at radius 2 is 2.15 bits per heavy atom. The molecule has 0 aromatic rings. The van der Waals surface area contributed by atoms with Gasteiger partial charge >= 0.3 is 5.97 Å². The maximum absolute atomic E-state index is 10.8. The summed E-state index contributed by atoms with van der Waals surface area (Å²) >= 11 is 0. The van der Waals surface area contributed by atoms with Crippen molar-refractivity contribution < 1.29 is 15.0 Å². The molecule has 0 radical (unpaired) electrons. The van der Waals surface area contributed by atoms with Gasteiger partial charge in [0.25, 0.3) is 0 Å². The van der Waals surface area contributed by atoms with Crippen LogP contribution in [0.15, 0.2) is 24.3 Å². The van der Waals surface area contributed by atoms with Crippen LogP contribution >= 0.6 is 0 Å². The van der Waals surface area contributed by atoms with Gasteiger partial charge in [-0.3, -0.25) is 4.79 Å². The largest absolute Gasteiger partial charge is 0.481 e. The van der Waals surface area contributed by atoms with Crippen molar-refractivity contribution in [1.29, 1.82) is 0 Å². The second kappa shape index (κ2) is 4.82. The van der Waals surface area contributed by atoms with E-state index in [4.69, 9.17) is 10.2 Å². The molecule has 3 nitrogen and oxygen atoms in total. The molecule has 0 aliphatic rings. The molecule has 1 atom stereocenters. The van der Waals surface area contributed by atoms with Crippen LogP contribution in [-0.4, -0.2) is 22.8 Å². The minimum Gasteiger partial charge on any atom is -0.481 e. The summed E-state index contributed by atoms with van der Waals surface area (Å²) in [6.45, 7) is 6.81. The normalized spacial score (nSPS) is 16.4. The van der Waals surface area contributed by atoms with Crippen molar-refractivity contribution >= 4 is 5.97 Å². The van der Waals surface area contributed by atoms with E-state index in [0.29, 0.717) is 6.42 Å². The van der Waals surface area contributed by atoms with Crippen molar-refractivity contribution in [2.45, 2.75) is 20.3 Å². The van der Waals surface area contributed by atoms with Gasteiger partial charge < -0.3 is 10.2 Å². The third kappa shape index (κ3) is 3.42. The number of carboxylic acid groups (broad SMARTS) is 1. The Hall–Kier alpha value is -1.09. The van der Waals surface area contributed by atoms with Crippen LogP contribution in [0.4, 0.5) is 0 Å². The molecule has 0 aliphatic carbocycles. The predicted octanol–water partition coefficient (Wildman–Crippen LogP) is 1.59. The molecule has 0 spiro atoms. The van der Waals surface area contributed by atoms with Crippen molar-refractivity contribution in [3.8, 4) is 0 Å². The molecule has 0 heterocycles. The standard InChI is InChI=1S/C10H16O3/c1-4-10(3,9(12)13)6-5-8(2)7-11/h4-5,11H,1,6-7H2,2-3H3,(H,12,13)/b8-5+. The van der Waals surface area contributed by atoms with E-state index in [-0.39, 0.29) is 6.61 Å². The zero-order valence-corrected chi connectivity index (χ0v) is 8.08. The number of hydrogen-bond acceptors (Lipinski definition) is 2. The lowest BCUT2D eigenvalue weighted by Crippen LogP contribution is -2.24. The Morgan fingerprint density at radius 3 is 2.46 bits per heavy atom. The third-order valence-electron chi connectivity index (χ3n) is 2.06. The highest BCUT2D eigenvalue weighted by molar-refractivity contribution is 5.76. The summed E-state index contributed by atoms with van der Waals surface area (Å²) in [5.74, 6) is -0.899. The van der Waals surface area contributed by atoms with E-state index in [1.54, 1.807) is 19.9 Å². The van der Waals surface area contributed by atoms with Crippen LogP contribution in [0.25, 0.3) is 0 Å². The quantitative estimate of drug-likeness (QED) is 0.638. The number of carbonyl (C=O) groups is 1. The fourth-order valence-electron chi connectivity index (χ4n) is 0.709. The highest BCUT2D eigenvalue weighted by Gasteiger charge is 2.27. The minimum absolute atomic E-state index is 0.0349. The number of rotatable bonds is 5. The molecule has 0 fully saturated rings. The summed E-state index contributed by atoms with van der Waals surface area (Å²) in [5, 5.41) is 17.6. The molecular formula is C10H16O3. The molecule has 2 N–H and O–H groups in total. The van der Waals surface area contributed by atoms with Crippen LogP contribution in [0, 0.1) is 5.41 Å². The van der Waals surface area contributed by atoms with Crippen LogP contribution in [-0.2, 0) is 4.79 Å². The average molecular weight is 184 g/mol. The van der Waals surface area contributed by atoms with Gasteiger partial charge in [-0.1, -0.05) is 17.7 Å². The summed E-state index contributed by atoms with van der Waals surface area (Å²) < 4.78 is 0.